The van der Waals surface area contributed by atoms with Crippen molar-refractivity contribution in [1.29, 1.82) is 0 Å². The Bertz CT molecular complexity index is 432. The molecular formula is C16H27ClN2O2. The summed E-state index contributed by atoms with van der Waals surface area (Å²) in [4.78, 5) is 2.40. The lowest BCUT2D eigenvalue weighted by Gasteiger charge is -2.17. The highest BCUT2D eigenvalue weighted by atomic mass is 35.5. The van der Waals surface area contributed by atoms with Crippen LogP contribution < -0.4 is 15.2 Å². The van der Waals surface area contributed by atoms with Crippen LogP contribution in [-0.2, 0) is 6.54 Å². The normalized spacial score (nSPS) is 21.9. The van der Waals surface area contributed by atoms with Crippen molar-refractivity contribution in [2.75, 3.05) is 26.8 Å². The molecule has 2 unspecified atom stereocenters. The fourth-order valence-electron chi connectivity index (χ4n) is 2.62. The van der Waals surface area contributed by atoms with Gasteiger partial charge in [-0.1, -0.05) is 19.9 Å². The Kier molecular flexibility index (Phi) is 7.29. The van der Waals surface area contributed by atoms with Gasteiger partial charge in [-0.25, -0.2) is 0 Å². The molecule has 0 aliphatic carbocycles. The van der Waals surface area contributed by atoms with Gasteiger partial charge in [-0.3, -0.25) is 4.90 Å². The maximum atomic E-state index is 6.07. The van der Waals surface area contributed by atoms with E-state index < -0.39 is 0 Å². The summed E-state index contributed by atoms with van der Waals surface area (Å²) in [6, 6.07) is 6.48. The Morgan fingerprint density at radius 3 is 2.62 bits per heavy atom. The van der Waals surface area contributed by atoms with Crippen LogP contribution in [0.2, 0.25) is 0 Å². The molecule has 0 aromatic heterocycles. The molecule has 21 heavy (non-hydrogen) atoms. The molecule has 0 amide bonds. The van der Waals surface area contributed by atoms with E-state index in [1.165, 1.54) is 5.56 Å². The van der Waals surface area contributed by atoms with Crippen LogP contribution in [0.3, 0.4) is 0 Å². The first-order valence-electron chi connectivity index (χ1n) is 7.41. The van der Waals surface area contributed by atoms with E-state index >= 15 is 0 Å². The van der Waals surface area contributed by atoms with E-state index in [0.29, 0.717) is 18.6 Å². The second kappa shape index (κ2) is 8.47. The third kappa shape index (κ3) is 4.77. The zero-order chi connectivity index (χ0) is 14.5. The van der Waals surface area contributed by atoms with Gasteiger partial charge in [-0.2, -0.15) is 0 Å². The highest BCUT2D eigenvalue weighted by Gasteiger charge is 2.26. The Balaban J connectivity index is 0.00000220. The molecular weight excluding hydrogens is 288 g/mol. The molecule has 1 heterocycles. The number of hydrogen-bond donors (Lipinski definition) is 1. The minimum atomic E-state index is 0. The summed E-state index contributed by atoms with van der Waals surface area (Å²) in [5, 5.41) is 0. The molecule has 120 valence electrons. The van der Waals surface area contributed by atoms with E-state index in [-0.39, 0.29) is 12.4 Å². The van der Waals surface area contributed by atoms with E-state index in [4.69, 9.17) is 15.2 Å². The van der Waals surface area contributed by atoms with Crippen molar-refractivity contribution in [3.63, 3.8) is 0 Å². The van der Waals surface area contributed by atoms with Crippen molar-refractivity contribution in [2.45, 2.75) is 32.9 Å². The van der Waals surface area contributed by atoms with Crippen molar-refractivity contribution in [2.24, 2.45) is 11.7 Å². The number of methoxy groups -OCH3 is 1. The van der Waals surface area contributed by atoms with Crippen molar-refractivity contribution in [1.82, 2.24) is 4.90 Å². The van der Waals surface area contributed by atoms with Gasteiger partial charge in [0.1, 0.15) is 0 Å². The largest absolute Gasteiger partial charge is 0.493 e. The van der Waals surface area contributed by atoms with Crippen LogP contribution in [0, 0.1) is 5.92 Å². The first-order valence-corrected chi connectivity index (χ1v) is 7.41. The second-order valence-electron chi connectivity index (χ2n) is 5.67. The third-order valence-electron chi connectivity index (χ3n) is 3.84. The fraction of sp³-hybridized carbons (Fsp3) is 0.625. The Labute approximate surface area is 134 Å². The minimum Gasteiger partial charge on any atom is -0.493 e. The summed E-state index contributed by atoms with van der Waals surface area (Å²) in [6.07, 6.45) is 0.995. The number of nitrogens with zero attached hydrogens (tertiary/aromatic N) is 1. The second-order valence-corrected chi connectivity index (χ2v) is 5.67. The quantitative estimate of drug-likeness (QED) is 0.877. The topological polar surface area (TPSA) is 47.7 Å². The standard InChI is InChI=1S/C16H26N2O2.ClH/c1-4-7-20-15-6-5-13(8-16(15)19-3)10-18-9-12(2)14(17)11-18;/h5-6,8,12,14H,4,7,9-11,17H2,1-3H3;1H. The SMILES string of the molecule is CCCOc1ccc(CN2CC(C)C(N)C2)cc1OC.Cl. The zero-order valence-electron chi connectivity index (χ0n) is 13.2. The van der Waals surface area contributed by atoms with Crippen molar-refractivity contribution in [3.05, 3.63) is 23.8 Å². The molecule has 2 N–H and O–H groups in total. The maximum absolute atomic E-state index is 6.07. The molecule has 0 saturated carbocycles. The molecule has 1 aliphatic rings. The van der Waals surface area contributed by atoms with E-state index in [0.717, 1.165) is 37.6 Å². The van der Waals surface area contributed by atoms with Gasteiger partial charge < -0.3 is 15.2 Å². The number of benzene rings is 1. The van der Waals surface area contributed by atoms with Gasteiger partial charge in [0.15, 0.2) is 11.5 Å². The molecule has 1 aromatic rings. The van der Waals surface area contributed by atoms with Gasteiger partial charge in [0.05, 0.1) is 13.7 Å². The predicted molar refractivity (Wildman–Crippen MR) is 88.4 cm³/mol. The fourth-order valence-corrected chi connectivity index (χ4v) is 2.62. The first-order chi connectivity index (χ1) is 9.63. The van der Waals surface area contributed by atoms with Crippen LogP contribution in [0.15, 0.2) is 18.2 Å². The van der Waals surface area contributed by atoms with Crippen molar-refractivity contribution in [3.8, 4) is 11.5 Å². The Hall–Kier alpha value is -0.970. The van der Waals surface area contributed by atoms with E-state index in [1.807, 2.05) is 6.07 Å². The van der Waals surface area contributed by atoms with Gasteiger partial charge in [0.2, 0.25) is 0 Å². The molecule has 4 nitrogen and oxygen atoms in total. The summed E-state index contributed by atoms with van der Waals surface area (Å²) in [5.41, 5.74) is 7.31. The minimum absolute atomic E-state index is 0. The van der Waals surface area contributed by atoms with Crippen molar-refractivity contribution < 1.29 is 9.47 Å². The molecule has 0 bridgehead atoms. The average molecular weight is 315 g/mol. The molecule has 0 spiro atoms. The number of halogens is 1. The lowest BCUT2D eigenvalue weighted by Crippen LogP contribution is -2.28. The zero-order valence-corrected chi connectivity index (χ0v) is 14.0. The summed E-state index contributed by atoms with van der Waals surface area (Å²) in [6.45, 7) is 7.98. The predicted octanol–water partition coefficient (Wildman–Crippen LogP) is 2.68. The Morgan fingerprint density at radius 1 is 1.29 bits per heavy atom. The average Bonchev–Trinajstić information content (AvgIpc) is 2.75. The number of nitrogens with two attached hydrogens (primary N) is 1. The van der Waals surface area contributed by atoms with Crippen LogP contribution in [0.25, 0.3) is 0 Å². The Morgan fingerprint density at radius 2 is 2.05 bits per heavy atom. The summed E-state index contributed by atoms with van der Waals surface area (Å²) >= 11 is 0. The van der Waals surface area contributed by atoms with E-state index in [1.54, 1.807) is 7.11 Å². The van der Waals surface area contributed by atoms with Crippen LogP contribution in [0.4, 0.5) is 0 Å². The molecule has 2 atom stereocenters. The highest BCUT2D eigenvalue weighted by molar-refractivity contribution is 5.85. The van der Waals surface area contributed by atoms with Gasteiger partial charge in [0, 0.05) is 25.7 Å². The summed E-state index contributed by atoms with van der Waals surface area (Å²) in [5.74, 6) is 2.21. The maximum Gasteiger partial charge on any atom is 0.161 e. The smallest absolute Gasteiger partial charge is 0.161 e. The first kappa shape index (κ1) is 18.1. The van der Waals surface area contributed by atoms with E-state index in [2.05, 4.69) is 30.9 Å². The molecule has 1 saturated heterocycles. The van der Waals surface area contributed by atoms with E-state index in [9.17, 15) is 0 Å². The number of rotatable bonds is 6. The number of ether oxygens (including phenoxy) is 2. The molecule has 1 aromatic carbocycles. The van der Waals surface area contributed by atoms with Crippen LogP contribution in [0.5, 0.6) is 11.5 Å². The van der Waals surface area contributed by atoms with Crippen LogP contribution in [-0.4, -0.2) is 37.7 Å². The summed E-state index contributed by atoms with van der Waals surface area (Å²) in [7, 11) is 1.69. The van der Waals surface area contributed by atoms with Gasteiger partial charge in [0.25, 0.3) is 0 Å². The van der Waals surface area contributed by atoms with Gasteiger partial charge in [-0.15, -0.1) is 12.4 Å². The molecule has 1 aliphatic heterocycles. The number of hydrogen-bond acceptors (Lipinski definition) is 4. The number of likely N-dealkylation sites (tertiary alicyclic amines) is 1. The van der Waals surface area contributed by atoms with Crippen LogP contribution in [0.1, 0.15) is 25.8 Å². The van der Waals surface area contributed by atoms with Crippen LogP contribution >= 0.6 is 12.4 Å². The molecule has 1 fully saturated rings. The molecule has 2 rings (SSSR count). The monoisotopic (exact) mass is 314 g/mol. The van der Waals surface area contributed by atoms with Gasteiger partial charge in [-0.05, 0) is 30.0 Å². The summed E-state index contributed by atoms with van der Waals surface area (Å²) < 4.78 is 11.1. The third-order valence-corrected chi connectivity index (χ3v) is 3.84. The lowest BCUT2D eigenvalue weighted by atomic mass is 10.1. The lowest BCUT2D eigenvalue weighted by molar-refractivity contribution is 0.292. The highest BCUT2D eigenvalue weighted by Crippen LogP contribution is 2.29. The van der Waals surface area contributed by atoms with Crippen molar-refractivity contribution >= 4 is 12.4 Å². The van der Waals surface area contributed by atoms with Gasteiger partial charge >= 0.3 is 0 Å². The molecule has 0 radical (unpaired) electrons. The molecule has 5 heteroatoms.